The molecular formula is C22H28F4N4O2S2. The highest BCUT2D eigenvalue weighted by Crippen LogP contribution is 2.51. The van der Waals surface area contributed by atoms with E-state index >= 15 is 0 Å². The van der Waals surface area contributed by atoms with Crippen LogP contribution < -0.4 is 9.62 Å². The van der Waals surface area contributed by atoms with Crippen LogP contribution in [0.15, 0.2) is 22.0 Å². The second-order valence-electron chi connectivity index (χ2n) is 8.97. The van der Waals surface area contributed by atoms with Gasteiger partial charge in [-0.1, -0.05) is 0 Å². The van der Waals surface area contributed by atoms with Gasteiger partial charge in [0.1, 0.15) is 30.0 Å². The van der Waals surface area contributed by atoms with E-state index in [0.29, 0.717) is 49.1 Å². The van der Waals surface area contributed by atoms with Gasteiger partial charge < -0.3 is 19.3 Å². The van der Waals surface area contributed by atoms with Crippen molar-refractivity contribution < 1.29 is 27.1 Å². The minimum atomic E-state index is -4.37. The number of halogens is 4. The summed E-state index contributed by atoms with van der Waals surface area (Å²) in [7, 11) is 1.85. The molecule has 3 atom stereocenters. The molecule has 0 spiro atoms. The van der Waals surface area contributed by atoms with Crippen LogP contribution in [0.2, 0.25) is 0 Å². The lowest BCUT2D eigenvalue weighted by molar-refractivity contribution is -0.155. The first-order valence-corrected chi connectivity index (χ1v) is 13.4. The number of carbonyl (C=O) groups excluding carboxylic acids is 1. The van der Waals surface area contributed by atoms with Gasteiger partial charge in [-0.2, -0.15) is 24.9 Å². The van der Waals surface area contributed by atoms with Crippen molar-refractivity contribution in [3.05, 3.63) is 17.9 Å². The van der Waals surface area contributed by atoms with E-state index in [0.717, 1.165) is 24.4 Å². The van der Waals surface area contributed by atoms with E-state index in [2.05, 4.69) is 14.5 Å². The number of rotatable bonds is 6. The van der Waals surface area contributed by atoms with Crippen LogP contribution in [0.3, 0.4) is 0 Å². The molecule has 1 aromatic carbocycles. The zero-order valence-electron chi connectivity index (χ0n) is 19.0. The SMILES string of the molecule is CN1CC2CC(C1)N(c1cc(F)cc3c1N=C(C1CC1)NS3)C2C(F)(F)F.CSCCOC=O. The highest BCUT2D eigenvalue weighted by Gasteiger charge is 2.57. The number of likely N-dealkylation sites (N-methyl/N-ethyl adjacent to an activating group) is 1. The van der Waals surface area contributed by atoms with E-state index in [1.54, 1.807) is 11.8 Å². The minimum absolute atomic E-state index is 0.280. The molecule has 1 aromatic rings. The number of thioether (sulfide) groups is 1. The Morgan fingerprint density at radius 3 is 2.74 bits per heavy atom. The van der Waals surface area contributed by atoms with Crippen LogP contribution in [0.5, 0.6) is 0 Å². The minimum Gasteiger partial charge on any atom is -0.467 e. The van der Waals surface area contributed by atoms with Crippen LogP contribution in [-0.2, 0) is 9.53 Å². The summed E-state index contributed by atoms with van der Waals surface area (Å²) in [6, 6.07) is 0.697. The Hall–Kier alpha value is -1.66. The van der Waals surface area contributed by atoms with Gasteiger partial charge >= 0.3 is 6.18 Å². The van der Waals surface area contributed by atoms with Crippen molar-refractivity contribution in [3.8, 4) is 0 Å². The number of carbonyl (C=O) groups is 1. The van der Waals surface area contributed by atoms with Crippen LogP contribution in [0, 0.1) is 17.7 Å². The smallest absolute Gasteiger partial charge is 0.409 e. The number of aliphatic imine (C=N–C) groups is 1. The number of hydrogen-bond acceptors (Lipinski definition) is 8. The fourth-order valence-corrected chi connectivity index (χ4v) is 6.01. The van der Waals surface area contributed by atoms with Crippen LogP contribution >= 0.6 is 23.7 Å². The first kappa shape index (κ1) is 25.4. The molecule has 6 nitrogen and oxygen atoms in total. The van der Waals surface area contributed by atoms with Gasteiger partial charge in [0.05, 0.1) is 10.6 Å². The van der Waals surface area contributed by atoms with Crippen LogP contribution in [0.25, 0.3) is 0 Å². The number of alkyl halides is 3. The lowest BCUT2D eigenvalue weighted by Gasteiger charge is -2.35. The molecule has 3 heterocycles. The maximum absolute atomic E-state index is 14.3. The normalized spacial score (nSPS) is 26.1. The quantitative estimate of drug-likeness (QED) is 0.257. The molecular weight excluding hydrogens is 492 g/mol. The predicted octanol–water partition coefficient (Wildman–Crippen LogP) is 4.47. The Bertz CT molecular complexity index is 929. The van der Waals surface area contributed by atoms with Crippen molar-refractivity contribution in [1.29, 1.82) is 0 Å². The third-order valence-corrected chi connectivity index (χ3v) is 7.77. The van der Waals surface area contributed by atoms with Gasteiger partial charge in [0, 0.05) is 36.7 Å². The second-order valence-corrected chi connectivity index (χ2v) is 10.8. The number of anilines is 1. The first-order chi connectivity index (χ1) is 16.2. The molecule has 3 unspecified atom stereocenters. The number of nitrogens with zero attached hydrogens (tertiary/aromatic N) is 3. The van der Waals surface area contributed by atoms with Gasteiger partial charge in [-0.25, -0.2) is 9.38 Å². The van der Waals surface area contributed by atoms with Crippen molar-refractivity contribution >= 4 is 47.4 Å². The van der Waals surface area contributed by atoms with E-state index in [1.165, 1.54) is 29.0 Å². The van der Waals surface area contributed by atoms with E-state index in [4.69, 9.17) is 0 Å². The zero-order valence-corrected chi connectivity index (χ0v) is 20.6. The third-order valence-electron chi connectivity index (χ3n) is 6.35. The maximum Gasteiger partial charge on any atom is 0.409 e. The lowest BCUT2D eigenvalue weighted by Crippen LogP contribution is -2.47. The van der Waals surface area contributed by atoms with Crippen LogP contribution in [0.4, 0.5) is 28.9 Å². The zero-order chi connectivity index (χ0) is 24.5. The molecule has 1 saturated carbocycles. The summed E-state index contributed by atoms with van der Waals surface area (Å²) in [4.78, 5) is 18.0. The summed E-state index contributed by atoms with van der Waals surface area (Å²) in [6.07, 6.45) is 0.136. The molecule has 0 amide bonds. The molecule has 3 fully saturated rings. The molecule has 188 valence electrons. The average molecular weight is 521 g/mol. The molecule has 1 N–H and O–H groups in total. The molecule has 2 bridgehead atoms. The summed E-state index contributed by atoms with van der Waals surface area (Å²) in [5, 5.41) is 0. The fourth-order valence-electron chi connectivity index (χ4n) is 4.90. The number of fused-ring (bicyclic) bond motifs is 3. The number of nitrogens with one attached hydrogen (secondary N) is 1. The van der Waals surface area contributed by atoms with E-state index < -0.39 is 24.0 Å². The van der Waals surface area contributed by atoms with Crippen molar-refractivity contribution in [2.24, 2.45) is 16.8 Å². The molecule has 4 aliphatic rings. The van der Waals surface area contributed by atoms with Gasteiger partial charge in [-0.3, -0.25) is 4.79 Å². The molecule has 0 aromatic heterocycles. The number of piperidine rings is 1. The van der Waals surface area contributed by atoms with Gasteiger partial charge in [0.15, 0.2) is 0 Å². The van der Waals surface area contributed by atoms with E-state index in [9.17, 15) is 22.4 Å². The summed E-state index contributed by atoms with van der Waals surface area (Å²) >= 11 is 2.91. The van der Waals surface area contributed by atoms with E-state index in [1.807, 2.05) is 18.2 Å². The Kier molecular flexibility index (Phi) is 7.88. The monoisotopic (exact) mass is 520 g/mol. The number of hydrogen-bond donors (Lipinski definition) is 1. The molecule has 12 heteroatoms. The lowest BCUT2D eigenvalue weighted by atomic mass is 9.95. The molecule has 34 heavy (non-hydrogen) atoms. The van der Waals surface area contributed by atoms with Crippen molar-refractivity contribution in [3.63, 3.8) is 0 Å². The molecule has 2 saturated heterocycles. The molecule has 0 radical (unpaired) electrons. The highest BCUT2D eigenvalue weighted by molar-refractivity contribution is 7.98. The number of ether oxygens (including phenoxy) is 1. The standard InChI is InChI=1S/C18H20F4N4S.C4H8O2S/c1-25-7-10-4-12(8-25)26(16(10)18(20,21)22)13-5-11(19)6-14-15(13)23-17(24-27-14)9-2-3-9;1-7-3-2-6-4-5/h5-6,9-10,12,16H,2-4,7-8H2,1H3,(H,23,24);4H,2-3H2,1H3. The third kappa shape index (κ3) is 5.59. The number of amidine groups is 1. The van der Waals surface area contributed by atoms with Crippen LogP contribution in [0.1, 0.15) is 19.3 Å². The summed E-state index contributed by atoms with van der Waals surface area (Å²) in [5.41, 5.74) is 0.758. The van der Waals surface area contributed by atoms with Crippen molar-refractivity contribution in [1.82, 2.24) is 9.62 Å². The summed E-state index contributed by atoms with van der Waals surface area (Å²) in [5.74, 6) is 0.987. The summed E-state index contributed by atoms with van der Waals surface area (Å²) < 4.78 is 63.8. The topological polar surface area (TPSA) is 57.2 Å². The van der Waals surface area contributed by atoms with Crippen molar-refractivity contribution in [2.75, 3.05) is 43.7 Å². The molecule has 5 rings (SSSR count). The molecule has 3 aliphatic heterocycles. The second kappa shape index (κ2) is 10.5. The average Bonchev–Trinajstić information content (AvgIpc) is 3.57. The Morgan fingerprint density at radius 1 is 1.32 bits per heavy atom. The molecule has 1 aliphatic carbocycles. The van der Waals surface area contributed by atoms with Gasteiger partial charge in [0.2, 0.25) is 0 Å². The highest BCUT2D eigenvalue weighted by atomic mass is 32.2. The Morgan fingerprint density at radius 2 is 2.09 bits per heavy atom. The summed E-state index contributed by atoms with van der Waals surface area (Å²) in [6.45, 7) is 1.95. The number of likely N-dealkylation sites (tertiary alicyclic amines) is 1. The maximum atomic E-state index is 14.3. The van der Waals surface area contributed by atoms with Gasteiger partial charge in [-0.05, 0) is 56.6 Å². The van der Waals surface area contributed by atoms with E-state index in [-0.39, 0.29) is 11.7 Å². The first-order valence-electron chi connectivity index (χ1n) is 11.2. The van der Waals surface area contributed by atoms with Gasteiger partial charge in [-0.15, -0.1) is 0 Å². The number of benzene rings is 1. The Balaban J connectivity index is 0.000000344. The predicted molar refractivity (Wildman–Crippen MR) is 127 cm³/mol. The fraction of sp³-hybridized carbons (Fsp3) is 0.636. The van der Waals surface area contributed by atoms with Crippen LogP contribution in [-0.4, -0.2) is 74.2 Å². The van der Waals surface area contributed by atoms with Crippen molar-refractivity contribution in [2.45, 2.75) is 42.4 Å². The van der Waals surface area contributed by atoms with Gasteiger partial charge in [0.25, 0.3) is 6.47 Å². The largest absolute Gasteiger partial charge is 0.467 e. The Labute approximate surface area is 205 Å².